The van der Waals surface area contributed by atoms with Crippen LogP contribution in [0.25, 0.3) is 10.6 Å². The van der Waals surface area contributed by atoms with Crippen LogP contribution < -0.4 is 0 Å². The summed E-state index contributed by atoms with van der Waals surface area (Å²) in [6.07, 6.45) is -4.75. The van der Waals surface area contributed by atoms with E-state index in [0.29, 0.717) is 0 Å². The zero-order chi connectivity index (χ0) is 14.2. The van der Waals surface area contributed by atoms with Gasteiger partial charge in [-0.05, 0) is 19.1 Å². The molecule has 9 heteroatoms. The predicted octanol–water partition coefficient (Wildman–Crippen LogP) is 2.63. The average Bonchev–Trinajstić information content (AvgIpc) is 2.73. The highest BCUT2D eigenvalue weighted by Crippen LogP contribution is 2.36. The summed E-state index contributed by atoms with van der Waals surface area (Å²) in [5.74, 6) is -2.30. The number of aromatic carboxylic acids is 1. The van der Waals surface area contributed by atoms with Gasteiger partial charge in [0.2, 0.25) is 0 Å². The van der Waals surface area contributed by atoms with Gasteiger partial charge in [-0.2, -0.15) is 13.2 Å². The molecule has 100 valence electrons. The van der Waals surface area contributed by atoms with Gasteiger partial charge in [-0.25, -0.2) is 9.78 Å². The molecule has 0 spiro atoms. The lowest BCUT2D eigenvalue weighted by Gasteiger charge is -2.08. The molecular formula is C10H6F3N3O2S. The molecule has 19 heavy (non-hydrogen) atoms. The predicted molar refractivity (Wildman–Crippen MR) is 59.8 cm³/mol. The van der Waals surface area contributed by atoms with Crippen LogP contribution in [0, 0.1) is 6.92 Å². The first-order valence-corrected chi connectivity index (χ1v) is 5.72. The number of aromatic nitrogens is 3. The molecule has 0 amide bonds. The lowest BCUT2D eigenvalue weighted by molar-refractivity contribution is -0.141. The van der Waals surface area contributed by atoms with Gasteiger partial charge in [0, 0.05) is 4.88 Å². The number of aryl methyl sites for hydroxylation is 1. The number of rotatable bonds is 2. The fourth-order valence-corrected chi connectivity index (χ4v) is 2.20. The fraction of sp³-hybridized carbons (Fsp3) is 0.200. The third-order valence-corrected chi connectivity index (χ3v) is 3.13. The van der Waals surface area contributed by atoms with Gasteiger partial charge in [0.05, 0.1) is 4.88 Å². The second kappa shape index (κ2) is 4.57. The average molecular weight is 289 g/mol. The summed E-state index contributed by atoms with van der Waals surface area (Å²) in [6, 6.07) is 3.05. The van der Waals surface area contributed by atoms with Crippen molar-refractivity contribution in [1.29, 1.82) is 0 Å². The molecule has 0 saturated carbocycles. The lowest BCUT2D eigenvalue weighted by atomic mass is 10.2. The van der Waals surface area contributed by atoms with E-state index in [2.05, 4.69) is 15.2 Å². The Morgan fingerprint density at radius 3 is 2.47 bits per heavy atom. The molecule has 0 aromatic carbocycles. The van der Waals surface area contributed by atoms with E-state index in [4.69, 9.17) is 5.11 Å². The second-order valence-electron chi connectivity index (χ2n) is 3.55. The van der Waals surface area contributed by atoms with Crippen LogP contribution in [0.1, 0.15) is 21.2 Å². The Labute approximate surface area is 108 Å². The van der Waals surface area contributed by atoms with Crippen molar-refractivity contribution < 1.29 is 23.1 Å². The van der Waals surface area contributed by atoms with Crippen molar-refractivity contribution in [3.05, 3.63) is 28.5 Å². The summed E-state index contributed by atoms with van der Waals surface area (Å²) in [6.45, 7) is 1.72. The molecule has 0 fully saturated rings. The maximum atomic E-state index is 12.8. The SMILES string of the molecule is Cc1ccc(-c2nc(C(=O)O)nnc2C(F)(F)F)s1. The summed E-state index contributed by atoms with van der Waals surface area (Å²) >= 11 is 1.07. The summed E-state index contributed by atoms with van der Waals surface area (Å²) in [7, 11) is 0. The third-order valence-electron chi connectivity index (χ3n) is 2.12. The standard InChI is InChI=1S/C10H6F3N3O2S/c1-4-2-3-5(19-4)6-7(10(11,12)13)15-16-8(14-6)9(17)18/h2-3H,1H3,(H,17,18). The van der Waals surface area contributed by atoms with Crippen molar-refractivity contribution in [2.24, 2.45) is 0 Å². The van der Waals surface area contributed by atoms with E-state index < -0.39 is 29.4 Å². The summed E-state index contributed by atoms with van der Waals surface area (Å²) in [4.78, 5) is 15.1. The normalized spacial score (nSPS) is 11.6. The number of thiophene rings is 1. The number of carboxylic acids is 1. The zero-order valence-corrected chi connectivity index (χ0v) is 10.2. The first-order chi connectivity index (χ1) is 8.79. The van der Waals surface area contributed by atoms with Gasteiger partial charge in [0.25, 0.3) is 5.82 Å². The van der Waals surface area contributed by atoms with Crippen LogP contribution >= 0.6 is 11.3 Å². The third kappa shape index (κ3) is 2.70. The highest BCUT2D eigenvalue weighted by atomic mass is 32.1. The first kappa shape index (κ1) is 13.4. The van der Waals surface area contributed by atoms with Crippen molar-refractivity contribution >= 4 is 17.3 Å². The van der Waals surface area contributed by atoms with E-state index in [0.717, 1.165) is 16.2 Å². The zero-order valence-electron chi connectivity index (χ0n) is 9.39. The first-order valence-electron chi connectivity index (χ1n) is 4.91. The summed E-state index contributed by atoms with van der Waals surface area (Å²) in [5.41, 5.74) is -1.81. The van der Waals surface area contributed by atoms with E-state index in [1.165, 1.54) is 6.07 Å². The molecule has 2 aromatic rings. The topological polar surface area (TPSA) is 76.0 Å². The van der Waals surface area contributed by atoms with Gasteiger partial charge in [0.15, 0.2) is 5.69 Å². The van der Waals surface area contributed by atoms with Crippen LogP contribution in [-0.2, 0) is 6.18 Å². The Morgan fingerprint density at radius 1 is 1.32 bits per heavy atom. The second-order valence-corrected chi connectivity index (χ2v) is 4.83. The Kier molecular flexibility index (Phi) is 3.23. The van der Waals surface area contributed by atoms with E-state index in [-0.39, 0.29) is 4.88 Å². The summed E-state index contributed by atoms with van der Waals surface area (Å²) < 4.78 is 38.4. The molecule has 5 nitrogen and oxygen atoms in total. The van der Waals surface area contributed by atoms with Crippen molar-refractivity contribution in [1.82, 2.24) is 15.2 Å². The minimum absolute atomic E-state index is 0.197. The van der Waals surface area contributed by atoms with Gasteiger partial charge in [-0.1, -0.05) is 0 Å². The van der Waals surface area contributed by atoms with Crippen LogP contribution in [0.2, 0.25) is 0 Å². The van der Waals surface area contributed by atoms with E-state index >= 15 is 0 Å². The molecule has 2 aromatic heterocycles. The number of alkyl halides is 3. The van der Waals surface area contributed by atoms with Gasteiger partial charge in [0.1, 0.15) is 5.69 Å². The highest BCUT2D eigenvalue weighted by molar-refractivity contribution is 7.15. The number of carboxylic acid groups (broad SMARTS) is 1. The minimum atomic E-state index is -4.75. The molecular weight excluding hydrogens is 283 g/mol. The van der Waals surface area contributed by atoms with Crippen molar-refractivity contribution in [2.75, 3.05) is 0 Å². The Bertz CT molecular complexity index is 639. The Morgan fingerprint density at radius 2 is 2.00 bits per heavy atom. The molecule has 2 rings (SSSR count). The molecule has 0 bridgehead atoms. The minimum Gasteiger partial charge on any atom is -0.475 e. The highest BCUT2D eigenvalue weighted by Gasteiger charge is 2.38. The van der Waals surface area contributed by atoms with Crippen LogP contribution in [0.4, 0.5) is 13.2 Å². The largest absolute Gasteiger partial charge is 0.475 e. The molecule has 0 unspecified atom stereocenters. The summed E-state index contributed by atoms with van der Waals surface area (Å²) in [5, 5.41) is 14.6. The molecule has 0 aliphatic carbocycles. The number of halogens is 3. The molecule has 2 heterocycles. The van der Waals surface area contributed by atoms with Crippen LogP contribution in [0.5, 0.6) is 0 Å². The van der Waals surface area contributed by atoms with Crippen molar-refractivity contribution in [3.63, 3.8) is 0 Å². The van der Waals surface area contributed by atoms with E-state index in [1.807, 2.05) is 0 Å². The fourth-order valence-electron chi connectivity index (χ4n) is 1.34. The molecule has 1 N–H and O–H groups in total. The maximum absolute atomic E-state index is 12.8. The van der Waals surface area contributed by atoms with Crippen LogP contribution in [0.15, 0.2) is 12.1 Å². The number of nitrogens with zero attached hydrogens (tertiary/aromatic N) is 3. The number of hydrogen-bond acceptors (Lipinski definition) is 5. The number of hydrogen-bond donors (Lipinski definition) is 1. The van der Waals surface area contributed by atoms with Crippen molar-refractivity contribution in [3.8, 4) is 10.6 Å². The smallest absolute Gasteiger partial charge is 0.437 e. The van der Waals surface area contributed by atoms with Gasteiger partial charge < -0.3 is 5.11 Å². The molecule has 0 aliphatic heterocycles. The lowest BCUT2D eigenvalue weighted by Crippen LogP contribution is -2.16. The van der Waals surface area contributed by atoms with Crippen molar-refractivity contribution in [2.45, 2.75) is 13.1 Å². The molecule has 0 aliphatic rings. The number of carbonyl (C=O) groups is 1. The maximum Gasteiger partial charge on any atom is 0.437 e. The van der Waals surface area contributed by atoms with Crippen LogP contribution in [0.3, 0.4) is 0 Å². The van der Waals surface area contributed by atoms with Gasteiger partial charge >= 0.3 is 12.1 Å². The van der Waals surface area contributed by atoms with Crippen LogP contribution in [-0.4, -0.2) is 26.3 Å². The van der Waals surface area contributed by atoms with Gasteiger partial charge in [-0.15, -0.1) is 21.5 Å². The van der Waals surface area contributed by atoms with E-state index in [9.17, 15) is 18.0 Å². The quantitative estimate of drug-likeness (QED) is 0.919. The molecule has 0 radical (unpaired) electrons. The van der Waals surface area contributed by atoms with Gasteiger partial charge in [-0.3, -0.25) is 0 Å². The Balaban J connectivity index is 2.66. The molecule has 0 saturated heterocycles. The molecule has 0 atom stereocenters. The monoisotopic (exact) mass is 289 g/mol. The Hall–Kier alpha value is -2.03. The van der Waals surface area contributed by atoms with E-state index in [1.54, 1.807) is 13.0 Å².